The van der Waals surface area contributed by atoms with Crippen LogP contribution < -0.4 is 0 Å². The van der Waals surface area contributed by atoms with Gasteiger partial charge in [-0.2, -0.15) is 0 Å². The average Bonchev–Trinajstić information content (AvgIpc) is 2.59. The number of rotatable bonds is 6. The maximum atomic E-state index is 12.7. The zero-order chi connectivity index (χ0) is 15.9. The van der Waals surface area contributed by atoms with Gasteiger partial charge < -0.3 is 4.90 Å². The van der Waals surface area contributed by atoms with Gasteiger partial charge in [0.05, 0.1) is 12.6 Å². The highest BCUT2D eigenvalue weighted by atomic mass is 16.2. The minimum Gasteiger partial charge on any atom is -0.338 e. The van der Waals surface area contributed by atoms with Gasteiger partial charge in [0.15, 0.2) is 0 Å². The van der Waals surface area contributed by atoms with Gasteiger partial charge in [0, 0.05) is 13.1 Å². The summed E-state index contributed by atoms with van der Waals surface area (Å²) in [6, 6.07) is 11.0. The topological polar surface area (TPSA) is 23.6 Å². The lowest BCUT2D eigenvalue weighted by atomic mass is 9.94. The second-order valence-corrected chi connectivity index (χ2v) is 6.45. The van der Waals surface area contributed by atoms with Crippen LogP contribution in [0.25, 0.3) is 0 Å². The second-order valence-electron chi connectivity index (χ2n) is 6.45. The summed E-state index contributed by atoms with van der Waals surface area (Å²) in [5.41, 5.74) is 1.19. The standard InChI is InChI=1S/C19H30N2O/c1-4-21(18-13-9-6-10-14-18)15-19(22)20(3)16(2)17-11-7-5-8-12-17/h5,7-8,11-12,16,18H,4,6,9-10,13-15H2,1-3H3. The van der Waals surface area contributed by atoms with Crippen molar-refractivity contribution in [1.82, 2.24) is 9.80 Å². The number of carbonyl (C=O) groups excluding carboxylic acids is 1. The summed E-state index contributed by atoms with van der Waals surface area (Å²) in [6.45, 7) is 5.78. The third kappa shape index (κ3) is 4.33. The summed E-state index contributed by atoms with van der Waals surface area (Å²) in [4.78, 5) is 16.9. The van der Waals surface area contributed by atoms with Crippen LogP contribution in [0.1, 0.15) is 57.6 Å². The van der Waals surface area contributed by atoms with Crippen LogP contribution in [-0.4, -0.2) is 41.9 Å². The van der Waals surface area contributed by atoms with Crippen molar-refractivity contribution in [3.8, 4) is 0 Å². The Labute approximate surface area is 135 Å². The molecule has 0 spiro atoms. The van der Waals surface area contributed by atoms with Crippen molar-refractivity contribution in [2.24, 2.45) is 0 Å². The molecule has 1 saturated carbocycles. The molecule has 3 heteroatoms. The highest BCUT2D eigenvalue weighted by molar-refractivity contribution is 5.78. The first-order chi connectivity index (χ1) is 10.6. The first kappa shape index (κ1) is 17.0. The van der Waals surface area contributed by atoms with Crippen molar-refractivity contribution in [1.29, 1.82) is 0 Å². The van der Waals surface area contributed by atoms with Crippen molar-refractivity contribution < 1.29 is 4.79 Å². The molecule has 0 aromatic heterocycles. The van der Waals surface area contributed by atoms with Gasteiger partial charge in [-0.05, 0) is 31.9 Å². The Morgan fingerprint density at radius 2 is 1.82 bits per heavy atom. The van der Waals surface area contributed by atoms with E-state index >= 15 is 0 Å². The zero-order valence-corrected chi connectivity index (χ0v) is 14.3. The summed E-state index contributed by atoms with van der Waals surface area (Å²) in [5, 5.41) is 0. The summed E-state index contributed by atoms with van der Waals surface area (Å²) in [7, 11) is 1.93. The van der Waals surface area contributed by atoms with Crippen LogP contribution in [-0.2, 0) is 4.79 Å². The number of carbonyl (C=O) groups is 1. The molecule has 1 aliphatic rings. The molecule has 1 amide bonds. The van der Waals surface area contributed by atoms with Crippen LogP contribution in [0.15, 0.2) is 30.3 Å². The van der Waals surface area contributed by atoms with Gasteiger partial charge in [0.25, 0.3) is 0 Å². The van der Waals surface area contributed by atoms with E-state index in [1.54, 1.807) is 0 Å². The molecule has 1 aromatic carbocycles. The van der Waals surface area contributed by atoms with Crippen LogP contribution in [0.2, 0.25) is 0 Å². The van der Waals surface area contributed by atoms with Crippen LogP contribution in [0.4, 0.5) is 0 Å². The van der Waals surface area contributed by atoms with Crippen LogP contribution >= 0.6 is 0 Å². The third-order valence-corrected chi connectivity index (χ3v) is 5.09. The fraction of sp³-hybridized carbons (Fsp3) is 0.632. The first-order valence-corrected chi connectivity index (χ1v) is 8.68. The number of benzene rings is 1. The molecular weight excluding hydrogens is 272 g/mol. The van der Waals surface area contributed by atoms with E-state index in [-0.39, 0.29) is 11.9 Å². The molecule has 22 heavy (non-hydrogen) atoms. The molecule has 1 unspecified atom stereocenters. The van der Waals surface area contributed by atoms with Gasteiger partial charge in [-0.3, -0.25) is 9.69 Å². The van der Waals surface area contributed by atoms with Gasteiger partial charge in [-0.25, -0.2) is 0 Å². The quantitative estimate of drug-likeness (QED) is 0.796. The Morgan fingerprint density at radius 1 is 1.18 bits per heavy atom. The normalized spacial score (nSPS) is 17.5. The minimum atomic E-state index is 0.124. The smallest absolute Gasteiger partial charge is 0.237 e. The van der Waals surface area contributed by atoms with E-state index in [2.05, 4.69) is 30.9 Å². The molecule has 0 saturated heterocycles. The molecule has 3 nitrogen and oxygen atoms in total. The summed E-state index contributed by atoms with van der Waals surface area (Å²) < 4.78 is 0. The first-order valence-electron chi connectivity index (χ1n) is 8.68. The summed E-state index contributed by atoms with van der Waals surface area (Å²) in [6.07, 6.45) is 6.47. The molecule has 2 rings (SSSR count). The van der Waals surface area contributed by atoms with Crippen LogP contribution in [0.5, 0.6) is 0 Å². The maximum Gasteiger partial charge on any atom is 0.237 e. The molecule has 1 aliphatic carbocycles. The molecule has 0 bridgehead atoms. The SMILES string of the molecule is CCN(CC(=O)N(C)C(C)c1ccccc1)C1CCCCC1. The molecule has 0 N–H and O–H groups in total. The molecule has 122 valence electrons. The summed E-state index contributed by atoms with van der Waals surface area (Å²) in [5.74, 6) is 0.226. The van der Waals surface area contributed by atoms with Crippen molar-refractivity contribution >= 4 is 5.91 Å². The minimum absolute atomic E-state index is 0.124. The molecule has 0 aliphatic heterocycles. The molecular formula is C19H30N2O. The number of nitrogens with zero attached hydrogens (tertiary/aromatic N) is 2. The molecule has 1 aromatic rings. The van der Waals surface area contributed by atoms with Gasteiger partial charge >= 0.3 is 0 Å². The van der Waals surface area contributed by atoms with E-state index in [1.165, 1.54) is 37.7 Å². The van der Waals surface area contributed by atoms with E-state index in [9.17, 15) is 4.79 Å². The monoisotopic (exact) mass is 302 g/mol. The van der Waals surface area contributed by atoms with E-state index in [0.29, 0.717) is 12.6 Å². The van der Waals surface area contributed by atoms with Crippen molar-refractivity contribution in [3.63, 3.8) is 0 Å². The van der Waals surface area contributed by atoms with Gasteiger partial charge in [-0.15, -0.1) is 0 Å². The number of hydrogen-bond acceptors (Lipinski definition) is 2. The molecule has 0 radical (unpaired) electrons. The van der Waals surface area contributed by atoms with Crippen molar-refractivity contribution in [3.05, 3.63) is 35.9 Å². The Balaban J connectivity index is 1.94. The lowest BCUT2D eigenvalue weighted by molar-refractivity contribution is -0.133. The van der Waals surface area contributed by atoms with Gasteiger partial charge in [0.2, 0.25) is 5.91 Å². The van der Waals surface area contributed by atoms with Crippen molar-refractivity contribution in [2.75, 3.05) is 20.1 Å². The van der Waals surface area contributed by atoms with E-state index in [0.717, 1.165) is 6.54 Å². The van der Waals surface area contributed by atoms with Crippen LogP contribution in [0, 0.1) is 0 Å². The Morgan fingerprint density at radius 3 is 2.41 bits per heavy atom. The lowest BCUT2D eigenvalue weighted by Crippen LogP contribution is -2.44. The fourth-order valence-corrected chi connectivity index (χ4v) is 3.40. The Kier molecular flexibility index (Phi) is 6.44. The maximum absolute atomic E-state index is 12.7. The van der Waals surface area contributed by atoms with E-state index < -0.39 is 0 Å². The highest BCUT2D eigenvalue weighted by Gasteiger charge is 2.24. The Hall–Kier alpha value is -1.35. The molecule has 1 fully saturated rings. The Bertz CT molecular complexity index is 454. The zero-order valence-electron chi connectivity index (χ0n) is 14.3. The fourth-order valence-electron chi connectivity index (χ4n) is 3.40. The third-order valence-electron chi connectivity index (χ3n) is 5.09. The van der Waals surface area contributed by atoms with Gasteiger partial charge in [0.1, 0.15) is 0 Å². The van der Waals surface area contributed by atoms with Crippen molar-refractivity contribution in [2.45, 2.75) is 58.0 Å². The number of likely N-dealkylation sites (N-methyl/N-ethyl adjacent to an activating group) is 2. The highest BCUT2D eigenvalue weighted by Crippen LogP contribution is 2.23. The predicted molar refractivity (Wildman–Crippen MR) is 91.7 cm³/mol. The van der Waals surface area contributed by atoms with E-state index in [1.807, 2.05) is 30.1 Å². The largest absolute Gasteiger partial charge is 0.338 e. The van der Waals surface area contributed by atoms with Gasteiger partial charge in [-0.1, -0.05) is 56.5 Å². The second kappa shape index (κ2) is 8.33. The molecule has 1 atom stereocenters. The average molecular weight is 302 g/mol. The number of hydrogen-bond donors (Lipinski definition) is 0. The molecule has 0 heterocycles. The van der Waals surface area contributed by atoms with E-state index in [4.69, 9.17) is 0 Å². The predicted octanol–water partition coefficient (Wildman–Crippen LogP) is 3.86. The lowest BCUT2D eigenvalue weighted by Gasteiger charge is -2.35. The number of amides is 1. The summed E-state index contributed by atoms with van der Waals surface area (Å²) >= 11 is 0. The van der Waals surface area contributed by atoms with Crippen LogP contribution in [0.3, 0.4) is 0 Å².